The second-order valence-corrected chi connectivity index (χ2v) is 4.20. The van der Waals surface area contributed by atoms with Crippen LogP contribution in [-0.2, 0) is 0 Å². The van der Waals surface area contributed by atoms with Crippen molar-refractivity contribution in [2.75, 3.05) is 27.2 Å². The van der Waals surface area contributed by atoms with Crippen LogP contribution in [0.5, 0.6) is 0 Å². The fourth-order valence-electron chi connectivity index (χ4n) is 2.77. The van der Waals surface area contributed by atoms with Crippen LogP contribution < -0.4 is 5.32 Å². The summed E-state index contributed by atoms with van der Waals surface area (Å²) < 4.78 is 0. The second-order valence-electron chi connectivity index (χ2n) is 4.20. The highest BCUT2D eigenvalue weighted by Crippen LogP contribution is 2.37. The van der Waals surface area contributed by atoms with Gasteiger partial charge in [0, 0.05) is 19.1 Å². The first-order chi connectivity index (χ1) is 5.29. The van der Waals surface area contributed by atoms with E-state index in [1.807, 2.05) is 0 Å². The molecule has 1 aliphatic carbocycles. The molecule has 1 N–H and O–H groups in total. The van der Waals surface area contributed by atoms with E-state index in [-0.39, 0.29) is 0 Å². The lowest BCUT2D eigenvalue weighted by Crippen LogP contribution is -2.25. The van der Waals surface area contributed by atoms with Gasteiger partial charge in [-0.15, -0.1) is 0 Å². The Morgan fingerprint density at radius 3 is 2.18 bits per heavy atom. The monoisotopic (exact) mass is 154 g/mol. The van der Waals surface area contributed by atoms with Crippen molar-refractivity contribution in [3.05, 3.63) is 0 Å². The van der Waals surface area contributed by atoms with Gasteiger partial charge in [0.1, 0.15) is 0 Å². The summed E-state index contributed by atoms with van der Waals surface area (Å²) in [4.78, 5) is 2.47. The number of nitrogens with zero attached hydrogens (tertiary/aromatic N) is 1. The van der Waals surface area contributed by atoms with Gasteiger partial charge < -0.3 is 10.2 Å². The number of fused-ring (bicyclic) bond motifs is 1. The van der Waals surface area contributed by atoms with E-state index in [1.165, 1.54) is 25.9 Å². The average Bonchev–Trinajstić information content (AvgIpc) is 2.43. The Balaban J connectivity index is 1.93. The summed E-state index contributed by atoms with van der Waals surface area (Å²) in [7, 11) is 4.34. The summed E-state index contributed by atoms with van der Waals surface area (Å²) >= 11 is 0. The molecule has 1 heterocycles. The molecule has 2 rings (SSSR count). The average molecular weight is 154 g/mol. The molecule has 11 heavy (non-hydrogen) atoms. The molecule has 2 nitrogen and oxygen atoms in total. The first kappa shape index (κ1) is 7.56. The maximum Gasteiger partial charge on any atom is 0.00705 e. The summed E-state index contributed by atoms with van der Waals surface area (Å²) in [6, 6.07) is 0.818. The largest absolute Gasteiger partial charge is 0.317 e. The Kier molecular flexibility index (Phi) is 1.90. The smallest absolute Gasteiger partial charge is 0.00705 e. The van der Waals surface area contributed by atoms with Crippen molar-refractivity contribution in [3.8, 4) is 0 Å². The molecule has 0 spiro atoms. The van der Waals surface area contributed by atoms with Crippen molar-refractivity contribution in [3.63, 3.8) is 0 Å². The Hall–Kier alpha value is -0.0800. The molecule has 0 aromatic heterocycles. The zero-order valence-corrected chi connectivity index (χ0v) is 7.51. The van der Waals surface area contributed by atoms with Gasteiger partial charge in [0.05, 0.1) is 0 Å². The van der Waals surface area contributed by atoms with E-state index in [1.54, 1.807) is 0 Å². The minimum absolute atomic E-state index is 0.818. The van der Waals surface area contributed by atoms with Crippen LogP contribution in [0.2, 0.25) is 0 Å². The fourth-order valence-corrected chi connectivity index (χ4v) is 2.77. The first-order valence-electron chi connectivity index (χ1n) is 4.65. The quantitative estimate of drug-likeness (QED) is 0.593. The predicted octanol–water partition coefficient (Wildman–Crippen LogP) is 0.546. The topological polar surface area (TPSA) is 15.3 Å². The molecule has 2 heteroatoms. The maximum atomic E-state index is 3.39. The van der Waals surface area contributed by atoms with E-state index in [0.717, 1.165) is 17.9 Å². The van der Waals surface area contributed by atoms with Gasteiger partial charge in [-0.25, -0.2) is 0 Å². The number of nitrogens with one attached hydrogen (secondary N) is 1. The highest BCUT2D eigenvalue weighted by Gasteiger charge is 2.38. The van der Waals surface area contributed by atoms with Crippen LogP contribution in [0.1, 0.15) is 12.8 Å². The van der Waals surface area contributed by atoms with Gasteiger partial charge in [-0.05, 0) is 38.8 Å². The molecular weight excluding hydrogens is 136 g/mol. The summed E-state index contributed by atoms with van der Waals surface area (Å²) in [6.07, 6.45) is 2.82. The molecule has 0 bridgehead atoms. The molecule has 1 aliphatic heterocycles. The zero-order valence-electron chi connectivity index (χ0n) is 7.51. The van der Waals surface area contributed by atoms with Gasteiger partial charge in [0.25, 0.3) is 0 Å². The van der Waals surface area contributed by atoms with Gasteiger partial charge in [-0.1, -0.05) is 0 Å². The van der Waals surface area contributed by atoms with Crippen LogP contribution in [0, 0.1) is 11.8 Å². The molecule has 0 radical (unpaired) electrons. The highest BCUT2D eigenvalue weighted by molar-refractivity contribution is 4.93. The summed E-state index contributed by atoms with van der Waals surface area (Å²) in [5, 5.41) is 3.39. The van der Waals surface area contributed by atoms with Gasteiger partial charge in [-0.2, -0.15) is 0 Å². The molecule has 2 unspecified atom stereocenters. The van der Waals surface area contributed by atoms with Crippen molar-refractivity contribution in [2.45, 2.75) is 18.9 Å². The van der Waals surface area contributed by atoms with E-state index < -0.39 is 0 Å². The van der Waals surface area contributed by atoms with Crippen LogP contribution >= 0.6 is 0 Å². The maximum absolute atomic E-state index is 3.39. The molecular formula is C9H18N2. The van der Waals surface area contributed by atoms with Gasteiger partial charge in [0.2, 0.25) is 0 Å². The Morgan fingerprint density at radius 1 is 1.18 bits per heavy atom. The van der Waals surface area contributed by atoms with Crippen LogP contribution in [0.4, 0.5) is 0 Å². The number of hydrogen-bond acceptors (Lipinski definition) is 2. The lowest BCUT2D eigenvalue weighted by atomic mass is 10.0. The molecule has 0 amide bonds. The minimum atomic E-state index is 0.818. The van der Waals surface area contributed by atoms with E-state index in [0.29, 0.717) is 0 Å². The predicted molar refractivity (Wildman–Crippen MR) is 46.6 cm³/mol. The minimum Gasteiger partial charge on any atom is -0.317 e. The van der Waals surface area contributed by atoms with E-state index in [4.69, 9.17) is 0 Å². The van der Waals surface area contributed by atoms with Gasteiger partial charge in [-0.3, -0.25) is 0 Å². The number of likely N-dealkylation sites (tertiary alicyclic amines) is 1. The lowest BCUT2D eigenvalue weighted by Gasteiger charge is -2.12. The first-order valence-corrected chi connectivity index (χ1v) is 4.65. The normalized spacial score (nSPS) is 44.7. The Morgan fingerprint density at radius 2 is 1.73 bits per heavy atom. The van der Waals surface area contributed by atoms with Crippen LogP contribution in [0.15, 0.2) is 0 Å². The highest BCUT2D eigenvalue weighted by atomic mass is 15.1. The van der Waals surface area contributed by atoms with Crippen molar-refractivity contribution in [1.82, 2.24) is 10.2 Å². The third-order valence-electron chi connectivity index (χ3n) is 3.34. The van der Waals surface area contributed by atoms with Crippen molar-refractivity contribution >= 4 is 0 Å². The SMILES string of the molecule is CNC1CC2CN(C)C[C@@H]2C1. The standard InChI is InChI=1S/C9H18N2/c1-10-9-3-7-5-11(2)6-8(7)4-9/h7-10H,3-6H2,1-2H3/t7-,8?,9?/m0/s1. The Labute approximate surface area is 69.0 Å². The van der Waals surface area contributed by atoms with Crippen LogP contribution in [0.25, 0.3) is 0 Å². The summed E-state index contributed by atoms with van der Waals surface area (Å²) in [6.45, 7) is 2.67. The van der Waals surface area contributed by atoms with Crippen LogP contribution in [-0.4, -0.2) is 38.1 Å². The molecule has 64 valence electrons. The molecule has 1 saturated heterocycles. The van der Waals surface area contributed by atoms with E-state index >= 15 is 0 Å². The number of rotatable bonds is 1. The molecule has 2 aliphatic rings. The van der Waals surface area contributed by atoms with Gasteiger partial charge in [0.15, 0.2) is 0 Å². The molecule has 0 aromatic rings. The molecule has 2 fully saturated rings. The summed E-state index contributed by atoms with van der Waals surface area (Å²) in [5.74, 6) is 2.00. The van der Waals surface area contributed by atoms with Crippen molar-refractivity contribution < 1.29 is 0 Å². The Bertz CT molecular complexity index is 132. The zero-order chi connectivity index (χ0) is 7.84. The van der Waals surface area contributed by atoms with E-state index in [2.05, 4.69) is 24.3 Å². The molecule has 1 saturated carbocycles. The molecule has 3 atom stereocenters. The van der Waals surface area contributed by atoms with E-state index in [9.17, 15) is 0 Å². The number of hydrogen-bond donors (Lipinski definition) is 1. The van der Waals surface area contributed by atoms with Gasteiger partial charge >= 0.3 is 0 Å². The fraction of sp³-hybridized carbons (Fsp3) is 1.00. The third-order valence-corrected chi connectivity index (χ3v) is 3.34. The van der Waals surface area contributed by atoms with Crippen molar-refractivity contribution in [2.24, 2.45) is 11.8 Å². The van der Waals surface area contributed by atoms with Crippen molar-refractivity contribution in [1.29, 1.82) is 0 Å². The lowest BCUT2D eigenvalue weighted by molar-refractivity contribution is 0.363. The third kappa shape index (κ3) is 1.30. The molecule has 0 aromatic carbocycles. The second kappa shape index (κ2) is 2.76. The summed E-state index contributed by atoms with van der Waals surface area (Å²) in [5.41, 5.74) is 0. The van der Waals surface area contributed by atoms with Crippen LogP contribution in [0.3, 0.4) is 0 Å².